The van der Waals surface area contributed by atoms with Crippen molar-refractivity contribution in [1.82, 2.24) is 0 Å². The summed E-state index contributed by atoms with van der Waals surface area (Å²) in [6.45, 7) is 1.74. The minimum atomic E-state index is -0.0944. The Morgan fingerprint density at radius 3 is 2.25 bits per heavy atom. The van der Waals surface area contributed by atoms with Crippen molar-refractivity contribution in [3.8, 4) is 11.5 Å². The fourth-order valence-electron chi connectivity index (χ4n) is 1.42. The fraction of sp³-hybridized carbons (Fsp3) is 0.333. The maximum absolute atomic E-state index is 11.6. The molecule has 0 atom stereocenters. The number of Topliss-reactive ketones (excluding diaryl/α,β-unsaturated/α-hetero) is 1. The SMILES string of the molecule is CCC(=O)c1cc(OC)c(OC)cc1C=O. The van der Waals surface area contributed by atoms with E-state index in [0.29, 0.717) is 35.3 Å². The number of aldehydes is 1. The molecule has 0 spiro atoms. The molecule has 0 aliphatic rings. The van der Waals surface area contributed by atoms with Crippen molar-refractivity contribution in [1.29, 1.82) is 0 Å². The van der Waals surface area contributed by atoms with Crippen molar-refractivity contribution in [2.24, 2.45) is 0 Å². The van der Waals surface area contributed by atoms with Crippen molar-refractivity contribution < 1.29 is 19.1 Å². The van der Waals surface area contributed by atoms with Gasteiger partial charge >= 0.3 is 0 Å². The summed E-state index contributed by atoms with van der Waals surface area (Å²) in [6.07, 6.45) is 0.987. The lowest BCUT2D eigenvalue weighted by Gasteiger charge is -2.10. The maximum atomic E-state index is 11.6. The van der Waals surface area contributed by atoms with Gasteiger partial charge in [-0.2, -0.15) is 0 Å². The number of carbonyl (C=O) groups excluding carboxylic acids is 2. The average molecular weight is 222 g/mol. The summed E-state index contributed by atoms with van der Waals surface area (Å²) in [5, 5.41) is 0. The summed E-state index contributed by atoms with van der Waals surface area (Å²) >= 11 is 0. The number of hydrogen-bond donors (Lipinski definition) is 0. The van der Waals surface area contributed by atoms with Crippen LogP contribution in [0.25, 0.3) is 0 Å². The first-order valence-electron chi connectivity index (χ1n) is 4.92. The highest BCUT2D eigenvalue weighted by atomic mass is 16.5. The summed E-state index contributed by atoms with van der Waals surface area (Å²) in [7, 11) is 2.96. The normalized spacial score (nSPS) is 9.69. The van der Waals surface area contributed by atoms with E-state index in [1.807, 2.05) is 0 Å². The molecule has 0 aromatic heterocycles. The van der Waals surface area contributed by atoms with Crippen LogP contribution < -0.4 is 9.47 Å². The van der Waals surface area contributed by atoms with E-state index in [2.05, 4.69) is 0 Å². The Morgan fingerprint density at radius 2 is 1.81 bits per heavy atom. The molecule has 0 N–H and O–H groups in total. The topological polar surface area (TPSA) is 52.6 Å². The third kappa shape index (κ3) is 2.21. The van der Waals surface area contributed by atoms with Crippen molar-refractivity contribution in [2.75, 3.05) is 14.2 Å². The van der Waals surface area contributed by atoms with Gasteiger partial charge in [0.2, 0.25) is 0 Å². The Balaban J connectivity index is 3.37. The molecule has 0 radical (unpaired) electrons. The molecule has 86 valence electrons. The van der Waals surface area contributed by atoms with Crippen LogP contribution in [0.4, 0.5) is 0 Å². The van der Waals surface area contributed by atoms with E-state index in [0.717, 1.165) is 0 Å². The third-order valence-electron chi connectivity index (χ3n) is 2.30. The maximum Gasteiger partial charge on any atom is 0.163 e. The van der Waals surface area contributed by atoms with E-state index >= 15 is 0 Å². The largest absolute Gasteiger partial charge is 0.493 e. The number of benzene rings is 1. The molecule has 0 saturated carbocycles. The number of methoxy groups -OCH3 is 2. The van der Waals surface area contributed by atoms with Crippen LogP contribution in [0.2, 0.25) is 0 Å². The monoisotopic (exact) mass is 222 g/mol. The molecule has 0 heterocycles. The van der Waals surface area contributed by atoms with E-state index in [9.17, 15) is 9.59 Å². The molecular formula is C12H14O4. The van der Waals surface area contributed by atoms with Crippen LogP contribution in [0.1, 0.15) is 34.1 Å². The van der Waals surface area contributed by atoms with Crippen molar-refractivity contribution in [3.05, 3.63) is 23.3 Å². The smallest absolute Gasteiger partial charge is 0.163 e. The molecule has 0 fully saturated rings. The minimum absolute atomic E-state index is 0.0944. The molecule has 16 heavy (non-hydrogen) atoms. The molecule has 1 aromatic carbocycles. The Morgan fingerprint density at radius 1 is 1.25 bits per heavy atom. The Hall–Kier alpha value is -1.84. The van der Waals surface area contributed by atoms with Crippen LogP contribution in [-0.2, 0) is 0 Å². The first kappa shape index (κ1) is 12.2. The highest BCUT2D eigenvalue weighted by Gasteiger charge is 2.14. The Bertz CT molecular complexity index is 410. The van der Waals surface area contributed by atoms with Gasteiger partial charge in [0, 0.05) is 17.5 Å². The van der Waals surface area contributed by atoms with E-state index in [-0.39, 0.29) is 5.78 Å². The van der Waals surface area contributed by atoms with Gasteiger partial charge in [-0.1, -0.05) is 6.92 Å². The molecule has 0 unspecified atom stereocenters. The van der Waals surface area contributed by atoms with Crippen LogP contribution >= 0.6 is 0 Å². The number of ketones is 1. The van der Waals surface area contributed by atoms with E-state index in [1.165, 1.54) is 26.4 Å². The first-order chi connectivity index (χ1) is 7.67. The van der Waals surface area contributed by atoms with Crippen molar-refractivity contribution in [2.45, 2.75) is 13.3 Å². The minimum Gasteiger partial charge on any atom is -0.493 e. The van der Waals surface area contributed by atoms with E-state index in [1.54, 1.807) is 6.92 Å². The van der Waals surface area contributed by atoms with Crippen LogP contribution in [0.3, 0.4) is 0 Å². The number of rotatable bonds is 5. The van der Waals surface area contributed by atoms with Crippen molar-refractivity contribution >= 4 is 12.1 Å². The molecule has 0 aliphatic carbocycles. The lowest BCUT2D eigenvalue weighted by molar-refractivity contribution is 0.0981. The molecule has 0 bridgehead atoms. The number of ether oxygens (including phenoxy) is 2. The van der Waals surface area contributed by atoms with Gasteiger partial charge in [-0.05, 0) is 12.1 Å². The second-order valence-corrected chi connectivity index (χ2v) is 3.19. The molecule has 0 aliphatic heterocycles. The third-order valence-corrected chi connectivity index (χ3v) is 2.30. The molecule has 1 aromatic rings. The summed E-state index contributed by atoms with van der Waals surface area (Å²) in [4.78, 5) is 22.5. The predicted octanol–water partition coefficient (Wildman–Crippen LogP) is 2.11. The standard InChI is InChI=1S/C12H14O4/c1-4-10(14)9-6-12(16-3)11(15-2)5-8(9)7-13/h5-7H,4H2,1-3H3. The highest BCUT2D eigenvalue weighted by Crippen LogP contribution is 2.30. The molecule has 4 nitrogen and oxygen atoms in total. The van der Waals surface area contributed by atoms with Crippen LogP contribution in [0.15, 0.2) is 12.1 Å². The second kappa shape index (κ2) is 5.30. The zero-order valence-electron chi connectivity index (χ0n) is 9.57. The molecule has 1 rings (SSSR count). The zero-order valence-corrected chi connectivity index (χ0v) is 9.57. The second-order valence-electron chi connectivity index (χ2n) is 3.19. The summed E-state index contributed by atoms with van der Waals surface area (Å²) in [5.74, 6) is 0.796. The van der Waals surface area contributed by atoms with Crippen molar-refractivity contribution in [3.63, 3.8) is 0 Å². The first-order valence-corrected chi connectivity index (χ1v) is 4.92. The van der Waals surface area contributed by atoms with Gasteiger partial charge in [-0.3, -0.25) is 9.59 Å². The predicted molar refractivity (Wildman–Crippen MR) is 59.6 cm³/mol. The van der Waals surface area contributed by atoms with Gasteiger partial charge in [-0.15, -0.1) is 0 Å². The van der Waals surface area contributed by atoms with E-state index < -0.39 is 0 Å². The quantitative estimate of drug-likeness (QED) is 0.565. The molecule has 0 saturated heterocycles. The number of hydrogen-bond acceptors (Lipinski definition) is 4. The Kier molecular flexibility index (Phi) is 4.05. The van der Waals surface area contributed by atoms with Gasteiger partial charge in [-0.25, -0.2) is 0 Å². The summed E-state index contributed by atoms with van der Waals surface area (Å²) < 4.78 is 10.1. The zero-order chi connectivity index (χ0) is 12.1. The Labute approximate surface area is 94.2 Å². The van der Waals surface area contributed by atoms with Crippen LogP contribution in [0.5, 0.6) is 11.5 Å². The fourth-order valence-corrected chi connectivity index (χ4v) is 1.42. The van der Waals surface area contributed by atoms with Gasteiger partial charge in [0.05, 0.1) is 14.2 Å². The van der Waals surface area contributed by atoms with Crippen LogP contribution in [-0.4, -0.2) is 26.3 Å². The lowest BCUT2D eigenvalue weighted by atomic mass is 10.0. The highest BCUT2D eigenvalue weighted by molar-refractivity contribution is 6.03. The average Bonchev–Trinajstić information content (AvgIpc) is 2.35. The molecule has 0 amide bonds. The lowest BCUT2D eigenvalue weighted by Crippen LogP contribution is -2.04. The van der Waals surface area contributed by atoms with Crippen LogP contribution in [0, 0.1) is 0 Å². The van der Waals surface area contributed by atoms with E-state index in [4.69, 9.17) is 9.47 Å². The number of carbonyl (C=O) groups is 2. The summed E-state index contributed by atoms with van der Waals surface area (Å²) in [6, 6.07) is 3.04. The van der Waals surface area contributed by atoms with Gasteiger partial charge < -0.3 is 9.47 Å². The summed E-state index contributed by atoms with van der Waals surface area (Å²) in [5.41, 5.74) is 0.694. The van der Waals surface area contributed by atoms with Gasteiger partial charge in [0.25, 0.3) is 0 Å². The molecule has 4 heteroatoms. The van der Waals surface area contributed by atoms with Gasteiger partial charge in [0.1, 0.15) is 0 Å². The molecular weight excluding hydrogens is 208 g/mol. The van der Waals surface area contributed by atoms with Gasteiger partial charge in [0.15, 0.2) is 23.6 Å².